The number of benzene rings is 3. The van der Waals surface area contributed by atoms with Gasteiger partial charge in [0.1, 0.15) is 16.4 Å². The number of aromatic nitrogens is 1. The maximum absolute atomic E-state index is 13.7. The minimum atomic E-state index is -4.14. The molecule has 0 aliphatic carbocycles. The second-order valence-electron chi connectivity index (χ2n) is 9.90. The van der Waals surface area contributed by atoms with Gasteiger partial charge in [-0.05, 0) is 42.5 Å². The van der Waals surface area contributed by atoms with Gasteiger partial charge in [0.15, 0.2) is 5.76 Å². The molecular weight excluding hydrogens is 605 g/mol. The highest BCUT2D eigenvalue weighted by Crippen LogP contribution is 2.41. The summed E-state index contributed by atoms with van der Waals surface area (Å²) >= 11 is 12.2. The maximum atomic E-state index is 13.7. The van der Waals surface area contributed by atoms with Crippen molar-refractivity contribution >= 4 is 62.1 Å². The first-order valence-corrected chi connectivity index (χ1v) is 15.0. The topological polar surface area (TPSA) is 129 Å². The number of fused-ring (bicyclic) bond motifs is 2. The van der Waals surface area contributed by atoms with Gasteiger partial charge in [-0.15, -0.1) is 0 Å². The molecule has 0 spiro atoms. The normalized spacial score (nSPS) is 16.7. The van der Waals surface area contributed by atoms with Crippen molar-refractivity contribution in [3.05, 3.63) is 93.3 Å². The number of Topliss-reactive ketones (excluding diaryl/α,β-unsaturated/α-hetero) is 1. The molecule has 1 saturated heterocycles. The van der Waals surface area contributed by atoms with Crippen LogP contribution in [0.4, 0.5) is 4.79 Å². The predicted molar refractivity (Wildman–Crippen MR) is 157 cm³/mol. The zero-order valence-electron chi connectivity index (χ0n) is 21.8. The number of carbonyl (C=O) groups is 2. The molecule has 3 aromatic carbocycles. The number of phenolic OH excluding ortho intramolecular Hbond substituents is 1. The molecule has 13 heteroatoms. The first-order valence-electron chi connectivity index (χ1n) is 12.8. The van der Waals surface area contributed by atoms with Crippen LogP contribution in [0.15, 0.2) is 71.4 Å². The first-order chi connectivity index (χ1) is 20.0. The molecule has 216 valence electrons. The molecule has 2 N–H and O–H groups in total. The minimum absolute atomic E-state index is 0.0262. The lowest BCUT2D eigenvalue weighted by atomic mass is 10.0. The van der Waals surface area contributed by atoms with E-state index in [0.29, 0.717) is 53.2 Å². The zero-order chi connectivity index (χ0) is 29.8. The number of ether oxygens (including phenoxy) is 1. The van der Waals surface area contributed by atoms with Crippen LogP contribution in [0.3, 0.4) is 0 Å². The standard InChI is InChI=1S/C29H23Cl2N3O7S/c30-18-5-8-26(22(31)14-18)42(39,40)34-15-17(19-3-1-2-4-23(19)34)13-25-27(36)20-6-7-24(35)21(28(20)41-25)16-32-9-11-33(12-10-32)29(37)38/h1-8,13-15,35H,9-12,16H2,(H,37,38)/b25-13-. The van der Waals surface area contributed by atoms with Crippen molar-refractivity contribution in [3.63, 3.8) is 0 Å². The van der Waals surface area contributed by atoms with Gasteiger partial charge in [-0.3, -0.25) is 9.69 Å². The molecule has 0 atom stereocenters. The van der Waals surface area contributed by atoms with Gasteiger partial charge in [-0.2, -0.15) is 0 Å². The number of ketones is 1. The van der Waals surface area contributed by atoms with Crippen LogP contribution >= 0.6 is 23.2 Å². The van der Waals surface area contributed by atoms with Crippen molar-refractivity contribution in [1.82, 2.24) is 13.8 Å². The van der Waals surface area contributed by atoms with Crippen LogP contribution in [0.1, 0.15) is 21.5 Å². The van der Waals surface area contributed by atoms with Crippen molar-refractivity contribution in [2.24, 2.45) is 0 Å². The summed E-state index contributed by atoms with van der Waals surface area (Å²) < 4.78 is 34.4. The number of hydrogen-bond acceptors (Lipinski definition) is 7. The summed E-state index contributed by atoms with van der Waals surface area (Å²) in [4.78, 5) is 27.8. The molecular formula is C29H23Cl2N3O7S. The summed E-state index contributed by atoms with van der Waals surface area (Å²) in [6.45, 7) is 1.81. The Hall–Kier alpha value is -4.03. The molecule has 1 amide bonds. The molecule has 4 aromatic rings. The average molecular weight is 628 g/mol. The summed E-state index contributed by atoms with van der Waals surface area (Å²) in [5.74, 6) is -0.276. The van der Waals surface area contributed by atoms with Crippen molar-refractivity contribution in [3.8, 4) is 11.5 Å². The number of carboxylic acid groups (broad SMARTS) is 1. The molecule has 6 rings (SSSR count). The highest BCUT2D eigenvalue weighted by Gasteiger charge is 2.33. The van der Waals surface area contributed by atoms with Gasteiger partial charge in [-0.1, -0.05) is 41.4 Å². The Balaban J connectivity index is 1.35. The number of hydrogen-bond donors (Lipinski definition) is 2. The number of piperazine rings is 1. The van der Waals surface area contributed by atoms with Gasteiger partial charge in [0.25, 0.3) is 10.0 Å². The lowest BCUT2D eigenvalue weighted by Crippen LogP contribution is -2.47. The minimum Gasteiger partial charge on any atom is -0.507 e. The molecule has 1 fully saturated rings. The van der Waals surface area contributed by atoms with E-state index < -0.39 is 21.9 Å². The van der Waals surface area contributed by atoms with Gasteiger partial charge in [-0.25, -0.2) is 17.2 Å². The number of allylic oxidation sites excluding steroid dienone is 1. The fraction of sp³-hybridized carbons (Fsp3) is 0.172. The monoisotopic (exact) mass is 627 g/mol. The molecule has 3 heterocycles. The molecule has 42 heavy (non-hydrogen) atoms. The summed E-state index contributed by atoms with van der Waals surface area (Å²) in [6, 6.07) is 13.9. The van der Waals surface area contributed by atoms with Crippen LogP contribution in [0, 0.1) is 0 Å². The third kappa shape index (κ3) is 4.88. The Labute approximate surface area is 250 Å². The molecule has 10 nitrogen and oxygen atoms in total. The number of para-hydroxylation sites is 1. The molecule has 1 aromatic heterocycles. The summed E-state index contributed by atoms with van der Waals surface area (Å²) in [5.41, 5.74) is 1.47. The number of amides is 1. The van der Waals surface area contributed by atoms with E-state index in [1.807, 2.05) is 4.90 Å². The third-order valence-corrected chi connectivity index (χ3v) is 9.76. The maximum Gasteiger partial charge on any atom is 0.407 e. The number of rotatable bonds is 5. The Morgan fingerprint density at radius 1 is 1.02 bits per heavy atom. The number of halogens is 2. The Kier molecular flexibility index (Phi) is 7.14. The highest BCUT2D eigenvalue weighted by atomic mass is 35.5. The van der Waals surface area contributed by atoms with E-state index >= 15 is 0 Å². The van der Waals surface area contributed by atoms with Gasteiger partial charge in [0, 0.05) is 54.9 Å². The summed E-state index contributed by atoms with van der Waals surface area (Å²) in [5, 5.41) is 20.7. The molecule has 0 unspecified atom stereocenters. The predicted octanol–water partition coefficient (Wildman–Crippen LogP) is 5.30. The molecule has 2 aliphatic rings. The van der Waals surface area contributed by atoms with Crippen LogP contribution in [0.25, 0.3) is 17.0 Å². The van der Waals surface area contributed by atoms with Gasteiger partial charge in [0.2, 0.25) is 5.78 Å². The Bertz CT molecular complexity index is 1910. The Morgan fingerprint density at radius 2 is 1.76 bits per heavy atom. The molecule has 0 radical (unpaired) electrons. The molecule has 0 saturated carbocycles. The highest BCUT2D eigenvalue weighted by molar-refractivity contribution is 7.90. The number of aromatic hydroxyl groups is 1. The fourth-order valence-corrected chi connectivity index (χ4v) is 7.32. The number of phenols is 1. The fourth-order valence-electron chi connectivity index (χ4n) is 5.19. The van der Waals surface area contributed by atoms with Crippen molar-refractivity contribution in [2.45, 2.75) is 11.4 Å². The first kappa shape index (κ1) is 28.1. The zero-order valence-corrected chi connectivity index (χ0v) is 24.2. The van der Waals surface area contributed by atoms with Gasteiger partial charge < -0.3 is 19.8 Å². The number of nitrogens with zero attached hydrogens (tertiary/aromatic N) is 3. The van der Waals surface area contributed by atoms with Crippen LogP contribution in [0.2, 0.25) is 10.0 Å². The van der Waals surface area contributed by atoms with E-state index in [4.69, 9.17) is 27.9 Å². The molecule has 0 bridgehead atoms. The van der Waals surface area contributed by atoms with E-state index in [9.17, 15) is 28.2 Å². The van der Waals surface area contributed by atoms with E-state index in [-0.39, 0.29) is 39.3 Å². The van der Waals surface area contributed by atoms with Crippen molar-refractivity contribution in [2.75, 3.05) is 26.2 Å². The van der Waals surface area contributed by atoms with Crippen molar-refractivity contribution in [1.29, 1.82) is 0 Å². The van der Waals surface area contributed by atoms with E-state index in [1.54, 1.807) is 24.3 Å². The quantitative estimate of drug-likeness (QED) is 0.285. The van der Waals surface area contributed by atoms with Crippen LogP contribution in [0.5, 0.6) is 11.5 Å². The molecule has 2 aliphatic heterocycles. The van der Waals surface area contributed by atoms with Crippen LogP contribution < -0.4 is 4.74 Å². The third-order valence-electron chi connectivity index (χ3n) is 7.37. The van der Waals surface area contributed by atoms with Gasteiger partial charge in [0.05, 0.1) is 21.7 Å². The van der Waals surface area contributed by atoms with Crippen molar-refractivity contribution < 1.29 is 33.0 Å². The van der Waals surface area contributed by atoms with E-state index in [1.165, 1.54) is 47.5 Å². The largest absolute Gasteiger partial charge is 0.507 e. The lowest BCUT2D eigenvalue weighted by molar-refractivity contribution is 0.101. The van der Waals surface area contributed by atoms with Crippen LogP contribution in [-0.4, -0.2) is 70.5 Å². The smallest absolute Gasteiger partial charge is 0.407 e. The van der Waals surface area contributed by atoms with Crippen LogP contribution in [-0.2, 0) is 16.6 Å². The summed E-state index contributed by atoms with van der Waals surface area (Å²) in [6.07, 6.45) is 1.90. The average Bonchev–Trinajstić information content (AvgIpc) is 3.48. The van der Waals surface area contributed by atoms with E-state index in [0.717, 1.165) is 3.97 Å². The van der Waals surface area contributed by atoms with E-state index in [2.05, 4.69) is 0 Å². The van der Waals surface area contributed by atoms with Gasteiger partial charge >= 0.3 is 6.09 Å². The lowest BCUT2D eigenvalue weighted by Gasteiger charge is -2.33. The second kappa shape index (κ2) is 10.7. The number of carbonyl (C=O) groups excluding carboxylic acids is 1. The Morgan fingerprint density at radius 3 is 2.48 bits per heavy atom. The second-order valence-corrected chi connectivity index (χ2v) is 12.5. The SMILES string of the molecule is O=C1/C(=C/c2cn(S(=O)(=O)c3ccc(Cl)cc3Cl)c3ccccc23)Oc2c1ccc(O)c2CN1CCN(C(=O)O)CC1. The summed E-state index contributed by atoms with van der Waals surface area (Å²) in [7, 11) is -4.14.